The smallest absolute Gasteiger partial charge is 0.251 e. The van der Waals surface area contributed by atoms with Crippen LogP contribution in [0.4, 0.5) is 0 Å². The lowest BCUT2D eigenvalue weighted by Crippen LogP contribution is -2.46. The standard InChI is InChI=1S/C25H29N3O3/c26-16-23(24(30)18-29)27-25(31)22-12-10-20(11-13-22)5-4-19-6-8-21(9-7-19)17-28-14-2-1-3-15-28/h6-13,23,29H,1-3,14-18,26H2,(H,27,31)/t23-/m0/s1. The molecule has 6 nitrogen and oxygen atoms in total. The van der Waals surface area contributed by atoms with Crippen molar-refractivity contribution in [1.29, 1.82) is 0 Å². The van der Waals surface area contributed by atoms with E-state index in [0.29, 0.717) is 5.56 Å². The molecule has 3 rings (SSSR count). The Morgan fingerprint density at radius 2 is 1.55 bits per heavy atom. The third-order valence-electron chi connectivity index (χ3n) is 5.39. The van der Waals surface area contributed by atoms with Crippen LogP contribution >= 0.6 is 0 Å². The van der Waals surface area contributed by atoms with Crippen molar-refractivity contribution in [3.05, 3.63) is 70.8 Å². The zero-order chi connectivity index (χ0) is 22.1. The summed E-state index contributed by atoms with van der Waals surface area (Å²) in [6.45, 7) is 2.63. The summed E-state index contributed by atoms with van der Waals surface area (Å²) >= 11 is 0. The molecule has 2 aromatic carbocycles. The lowest BCUT2D eigenvalue weighted by molar-refractivity contribution is -0.123. The highest BCUT2D eigenvalue weighted by molar-refractivity contribution is 5.98. The van der Waals surface area contributed by atoms with Crippen molar-refractivity contribution in [3.8, 4) is 11.8 Å². The summed E-state index contributed by atoms with van der Waals surface area (Å²) in [5.74, 6) is 5.33. The van der Waals surface area contributed by atoms with Gasteiger partial charge in [0.05, 0.1) is 0 Å². The molecule has 0 unspecified atom stereocenters. The summed E-state index contributed by atoms with van der Waals surface area (Å²) < 4.78 is 0. The van der Waals surface area contributed by atoms with Gasteiger partial charge < -0.3 is 16.2 Å². The van der Waals surface area contributed by atoms with Gasteiger partial charge in [-0.3, -0.25) is 14.5 Å². The van der Waals surface area contributed by atoms with Crippen LogP contribution in [-0.2, 0) is 11.3 Å². The van der Waals surface area contributed by atoms with E-state index in [1.54, 1.807) is 24.3 Å². The highest BCUT2D eigenvalue weighted by Gasteiger charge is 2.18. The van der Waals surface area contributed by atoms with Crippen molar-refractivity contribution in [2.24, 2.45) is 5.73 Å². The topological polar surface area (TPSA) is 95.7 Å². The second kappa shape index (κ2) is 11.4. The fourth-order valence-corrected chi connectivity index (χ4v) is 3.54. The van der Waals surface area contributed by atoms with Gasteiger partial charge in [-0.1, -0.05) is 30.4 Å². The predicted molar refractivity (Wildman–Crippen MR) is 120 cm³/mol. The molecule has 0 aromatic heterocycles. The zero-order valence-electron chi connectivity index (χ0n) is 17.6. The first-order valence-electron chi connectivity index (χ1n) is 10.7. The second-order valence-corrected chi connectivity index (χ2v) is 7.75. The largest absolute Gasteiger partial charge is 0.388 e. The monoisotopic (exact) mass is 419 g/mol. The molecule has 6 heteroatoms. The van der Waals surface area contributed by atoms with Crippen LogP contribution in [0.3, 0.4) is 0 Å². The first kappa shape index (κ1) is 22.7. The van der Waals surface area contributed by atoms with Crippen LogP contribution in [0.5, 0.6) is 0 Å². The average Bonchev–Trinajstić information content (AvgIpc) is 2.82. The van der Waals surface area contributed by atoms with Crippen molar-refractivity contribution < 1.29 is 14.7 Å². The number of carbonyl (C=O) groups excluding carboxylic acids is 2. The number of amides is 1. The second-order valence-electron chi connectivity index (χ2n) is 7.75. The van der Waals surface area contributed by atoms with E-state index in [0.717, 1.165) is 17.7 Å². The zero-order valence-corrected chi connectivity index (χ0v) is 17.6. The van der Waals surface area contributed by atoms with E-state index in [-0.39, 0.29) is 6.54 Å². The van der Waals surface area contributed by atoms with E-state index in [2.05, 4.69) is 34.2 Å². The Morgan fingerprint density at radius 3 is 2.10 bits per heavy atom. The van der Waals surface area contributed by atoms with Crippen molar-refractivity contribution in [3.63, 3.8) is 0 Å². The number of hydrogen-bond donors (Lipinski definition) is 3. The number of carbonyl (C=O) groups is 2. The molecule has 1 aliphatic rings. The molecule has 1 saturated heterocycles. The molecule has 4 N–H and O–H groups in total. The molecule has 0 aliphatic carbocycles. The Balaban J connectivity index is 1.57. The molecule has 0 saturated carbocycles. The Labute approximate surface area is 183 Å². The average molecular weight is 420 g/mol. The fraction of sp³-hybridized carbons (Fsp3) is 0.360. The number of piperidine rings is 1. The Morgan fingerprint density at radius 1 is 0.968 bits per heavy atom. The van der Waals surface area contributed by atoms with Crippen LogP contribution in [0.25, 0.3) is 0 Å². The van der Waals surface area contributed by atoms with Crippen LogP contribution in [0.2, 0.25) is 0 Å². The molecule has 0 radical (unpaired) electrons. The van der Waals surface area contributed by atoms with Crippen molar-refractivity contribution in [2.75, 3.05) is 26.2 Å². The molecule has 0 spiro atoms. The van der Waals surface area contributed by atoms with Crippen LogP contribution in [0.15, 0.2) is 48.5 Å². The van der Waals surface area contributed by atoms with Crippen LogP contribution in [0.1, 0.15) is 46.3 Å². The van der Waals surface area contributed by atoms with Gasteiger partial charge in [0.2, 0.25) is 0 Å². The van der Waals surface area contributed by atoms with Crippen LogP contribution < -0.4 is 11.1 Å². The first-order valence-corrected chi connectivity index (χ1v) is 10.7. The minimum Gasteiger partial charge on any atom is -0.388 e. The maximum Gasteiger partial charge on any atom is 0.251 e. The number of ketones is 1. The van der Waals surface area contributed by atoms with E-state index < -0.39 is 24.3 Å². The molecule has 1 aliphatic heterocycles. The molecule has 0 bridgehead atoms. The predicted octanol–water partition coefficient (Wildman–Crippen LogP) is 1.69. The van der Waals surface area contributed by atoms with Crippen LogP contribution in [-0.4, -0.2) is 54.0 Å². The minimum absolute atomic E-state index is 0.0640. The summed E-state index contributed by atoms with van der Waals surface area (Å²) in [6.07, 6.45) is 3.92. The Kier molecular flexibility index (Phi) is 8.36. The molecule has 31 heavy (non-hydrogen) atoms. The highest BCUT2D eigenvalue weighted by Crippen LogP contribution is 2.13. The number of nitrogens with one attached hydrogen (secondary N) is 1. The summed E-state index contributed by atoms with van der Waals surface area (Å²) in [5, 5.41) is 11.5. The summed E-state index contributed by atoms with van der Waals surface area (Å²) in [4.78, 5) is 26.3. The molecule has 1 atom stereocenters. The number of Topliss-reactive ketones (excluding diaryl/α,β-unsaturated/α-hetero) is 1. The number of aliphatic hydroxyl groups is 1. The molecule has 1 fully saturated rings. The number of likely N-dealkylation sites (tertiary alicyclic amines) is 1. The van der Waals surface area contributed by atoms with Gasteiger partial charge in [-0.25, -0.2) is 0 Å². The lowest BCUT2D eigenvalue weighted by atomic mass is 10.1. The SMILES string of the molecule is NC[C@H](NC(=O)c1ccc(C#Cc2ccc(CN3CCCCC3)cc2)cc1)C(=O)CO. The molecule has 2 aromatic rings. The lowest BCUT2D eigenvalue weighted by Gasteiger charge is -2.26. The highest BCUT2D eigenvalue weighted by atomic mass is 16.3. The number of benzene rings is 2. The summed E-state index contributed by atoms with van der Waals surface area (Å²) in [6, 6.07) is 14.3. The third-order valence-corrected chi connectivity index (χ3v) is 5.39. The Bertz CT molecular complexity index is 937. The van der Waals surface area contributed by atoms with E-state index in [1.165, 1.54) is 37.9 Å². The molecule has 162 valence electrons. The van der Waals surface area contributed by atoms with Gasteiger partial charge in [0, 0.05) is 29.8 Å². The van der Waals surface area contributed by atoms with Gasteiger partial charge in [-0.15, -0.1) is 0 Å². The third kappa shape index (κ3) is 6.76. The van der Waals surface area contributed by atoms with E-state index in [9.17, 15) is 9.59 Å². The van der Waals surface area contributed by atoms with E-state index >= 15 is 0 Å². The number of nitrogens with two attached hydrogens (primary N) is 1. The molecular formula is C25H29N3O3. The number of hydrogen-bond acceptors (Lipinski definition) is 5. The van der Waals surface area contributed by atoms with E-state index in [4.69, 9.17) is 10.8 Å². The maximum atomic E-state index is 12.3. The Hall–Kier alpha value is -2.98. The number of nitrogens with zero attached hydrogens (tertiary/aromatic N) is 1. The van der Waals surface area contributed by atoms with Gasteiger partial charge in [0.25, 0.3) is 5.91 Å². The van der Waals surface area contributed by atoms with Gasteiger partial charge >= 0.3 is 0 Å². The van der Waals surface area contributed by atoms with Gasteiger partial charge in [0.1, 0.15) is 12.6 Å². The van der Waals surface area contributed by atoms with Crippen LogP contribution in [0, 0.1) is 11.8 Å². The number of rotatable bonds is 7. The maximum absolute atomic E-state index is 12.3. The molecular weight excluding hydrogens is 390 g/mol. The van der Waals surface area contributed by atoms with Crippen molar-refractivity contribution in [2.45, 2.75) is 31.8 Å². The molecule has 1 heterocycles. The normalized spacial score (nSPS) is 14.9. The van der Waals surface area contributed by atoms with E-state index in [1.807, 2.05) is 12.1 Å². The molecule has 1 amide bonds. The first-order chi connectivity index (χ1) is 15.1. The quantitative estimate of drug-likeness (QED) is 0.594. The van der Waals surface area contributed by atoms with Crippen molar-refractivity contribution in [1.82, 2.24) is 10.2 Å². The summed E-state index contributed by atoms with van der Waals surface area (Å²) in [7, 11) is 0. The summed E-state index contributed by atoms with van der Waals surface area (Å²) in [5.41, 5.74) is 8.92. The fourth-order valence-electron chi connectivity index (χ4n) is 3.54. The number of aliphatic hydroxyl groups excluding tert-OH is 1. The van der Waals surface area contributed by atoms with Gasteiger partial charge in [-0.05, 0) is 67.9 Å². The minimum atomic E-state index is -0.894. The van der Waals surface area contributed by atoms with Crippen molar-refractivity contribution >= 4 is 11.7 Å². The van der Waals surface area contributed by atoms with Gasteiger partial charge in [0.15, 0.2) is 5.78 Å². The van der Waals surface area contributed by atoms with Gasteiger partial charge in [-0.2, -0.15) is 0 Å².